The number of hydrogen-bond donors (Lipinski definition) is 2. The third-order valence-corrected chi connectivity index (χ3v) is 4.25. The lowest BCUT2D eigenvalue weighted by Crippen LogP contribution is -2.23. The van der Waals surface area contributed by atoms with Crippen molar-refractivity contribution in [3.63, 3.8) is 0 Å². The predicted molar refractivity (Wildman–Crippen MR) is 95.6 cm³/mol. The van der Waals surface area contributed by atoms with Crippen LogP contribution in [0.3, 0.4) is 0 Å². The number of amides is 2. The van der Waals surface area contributed by atoms with E-state index in [1.165, 1.54) is 22.3 Å². The standard InChI is InChI=1S/C18H20N2O3S/c1-20(2)18(23)15-5-3-4-13(8-15)10-19-17(22)7-6-16-9-14(11-21)12-24-16/h3-9,12,21H,10-11H2,1-2H3,(H,19,22)/b7-6+. The number of carbonyl (C=O) groups is 2. The first-order chi connectivity index (χ1) is 11.5. The van der Waals surface area contributed by atoms with Crippen molar-refractivity contribution in [1.29, 1.82) is 0 Å². The molecule has 126 valence electrons. The molecule has 2 rings (SSSR count). The highest BCUT2D eigenvalue weighted by molar-refractivity contribution is 7.11. The van der Waals surface area contributed by atoms with Crippen LogP contribution in [0.25, 0.3) is 6.08 Å². The minimum atomic E-state index is -0.210. The van der Waals surface area contributed by atoms with Crippen LogP contribution in [-0.2, 0) is 17.9 Å². The average molecular weight is 344 g/mol. The second-order valence-corrected chi connectivity index (χ2v) is 6.41. The van der Waals surface area contributed by atoms with E-state index >= 15 is 0 Å². The molecule has 0 fully saturated rings. The van der Waals surface area contributed by atoms with Gasteiger partial charge in [0, 0.05) is 37.2 Å². The Morgan fingerprint density at radius 2 is 2.04 bits per heavy atom. The van der Waals surface area contributed by atoms with Crippen molar-refractivity contribution in [3.8, 4) is 0 Å². The van der Waals surface area contributed by atoms with Crippen molar-refractivity contribution < 1.29 is 14.7 Å². The first kappa shape index (κ1) is 17.9. The topological polar surface area (TPSA) is 69.6 Å². The molecule has 0 saturated heterocycles. The molecule has 0 saturated carbocycles. The minimum Gasteiger partial charge on any atom is -0.392 e. The van der Waals surface area contributed by atoms with Crippen molar-refractivity contribution in [3.05, 3.63) is 63.4 Å². The fourth-order valence-corrected chi connectivity index (χ4v) is 2.84. The first-order valence-corrected chi connectivity index (χ1v) is 8.32. The van der Waals surface area contributed by atoms with E-state index < -0.39 is 0 Å². The molecule has 24 heavy (non-hydrogen) atoms. The number of thiophene rings is 1. The van der Waals surface area contributed by atoms with E-state index in [4.69, 9.17) is 5.11 Å². The van der Waals surface area contributed by atoms with E-state index in [1.54, 1.807) is 38.4 Å². The third kappa shape index (κ3) is 5.04. The van der Waals surface area contributed by atoms with Crippen LogP contribution in [0.15, 0.2) is 41.8 Å². The Labute approximate surface area is 145 Å². The normalized spacial score (nSPS) is 10.8. The quantitative estimate of drug-likeness (QED) is 0.790. The fourth-order valence-electron chi connectivity index (χ4n) is 2.04. The second kappa shape index (κ2) is 8.42. The number of rotatable bonds is 6. The Kier molecular flexibility index (Phi) is 6.28. The Morgan fingerprint density at radius 1 is 1.25 bits per heavy atom. The van der Waals surface area contributed by atoms with Crippen LogP contribution in [0.2, 0.25) is 0 Å². The fraction of sp³-hybridized carbons (Fsp3) is 0.222. The van der Waals surface area contributed by atoms with E-state index in [-0.39, 0.29) is 18.4 Å². The molecule has 2 N–H and O–H groups in total. The van der Waals surface area contributed by atoms with E-state index in [9.17, 15) is 9.59 Å². The molecule has 0 bridgehead atoms. The molecule has 1 aromatic carbocycles. The number of nitrogens with zero attached hydrogens (tertiary/aromatic N) is 1. The van der Waals surface area contributed by atoms with Gasteiger partial charge in [0.1, 0.15) is 0 Å². The third-order valence-electron chi connectivity index (χ3n) is 3.30. The largest absolute Gasteiger partial charge is 0.392 e. The molecule has 0 unspecified atom stereocenters. The van der Waals surface area contributed by atoms with Gasteiger partial charge in [-0.2, -0.15) is 0 Å². The number of benzene rings is 1. The van der Waals surface area contributed by atoms with Gasteiger partial charge in [-0.3, -0.25) is 9.59 Å². The minimum absolute atomic E-state index is 0.00144. The zero-order valence-electron chi connectivity index (χ0n) is 13.7. The highest BCUT2D eigenvalue weighted by Crippen LogP contribution is 2.16. The van der Waals surface area contributed by atoms with Crippen molar-refractivity contribution in [1.82, 2.24) is 10.2 Å². The lowest BCUT2D eigenvalue weighted by Gasteiger charge is -2.11. The van der Waals surface area contributed by atoms with Gasteiger partial charge in [0.05, 0.1) is 6.61 Å². The maximum atomic E-state index is 11.9. The lowest BCUT2D eigenvalue weighted by atomic mass is 10.1. The van der Waals surface area contributed by atoms with E-state index in [0.29, 0.717) is 12.1 Å². The molecule has 2 aromatic rings. The van der Waals surface area contributed by atoms with Crippen molar-refractivity contribution in [2.24, 2.45) is 0 Å². The molecule has 0 aliphatic carbocycles. The smallest absolute Gasteiger partial charge is 0.253 e. The number of nitrogens with one attached hydrogen (secondary N) is 1. The zero-order valence-corrected chi connectivity index (χ0v) is 14.5. The van der Waals surface area contributed by atoms with Gasteiger partial charge in [-0.05, 0) is 40.8 Å². The molecule has 0 spiro atoms. The Balaban J connectivity index is 1.91. The maximum absolute atomic E-state index is 11.9. The Bertz CT molecular complexity index is 750. The monoisotopic (exact) mass is 344 g/mol. The van der Waals surface area contributed by atoms with Gasteiger partial charge in [-0.1, -0.05) is 12.1 Å². The molecule has 1 heterocycles. The van der Waals surface area contributed by atoms with Crippen LogP contribution in [-0.4, -0.2) is 35.9 Å². The number of carbonyl (C=O) groups excluding carboxylic acids is 2. The molecule has 0 aliphatic rings. The number of aliphatic hydroxyl groups excluding tert-OH is 1. The van der Waals surface area contributed by atoms with Gasteiger partial charge in [-0.25, -0.2) is 0 Å². The molecule has 1 aromatic heterocycles. The summed E-state index contributed by atoms with van der Waals surface area (Å²) in [5, 5.41) is 13.7. The molecule has 0 aliphatic heterocycles. The highest BCUT2D eigenvalue weighted by Gasteiger charge is 2.08. The molecule has 2 amide bonds. The summed E-state index contributed by atoms with van der Waals surface area (Å²) in [7, 11) is 3.41. The Morgan fingerprint density at radius 3 is 2.71 bits per heavy atom. The Hall–Kier alpha value is -2.44. The maximum Gasteiger partial charge on any atom is 0.253 e. The molecular weight excluding hydrogens is 324 g/mol. The summed E-state index contributed by atoms with van der Waals surface area (Å²) in [6.07, 6.45) is 3.17. The average Bonchev–Trinajstić information content (AvgIpc) is 3.05. The summed E-state index contributed by atoms with van der Waals surface area (Å²) in [5.41, 5.74) is 2.29. The molecule has 5 nitrogen and oxygen atoms in total. The molecule has 0 atom stereocenters. The summed E-state index contributed by atoms with van der Waals surface area (Å²) in [6, 6.07) is 9.03. The summed E-state index contributed by atoms with van der Waals surface area (Å²) in [6.45, 7) is 0.350. The lowest BCUT2D eigenvalue weighted by molar-refractivity contribution is -0.116. The SMILES string of the molecule is CN(C)C(=O)c1cccc(CNC(=O)/C=C/c2cc(CO)cs2)c1. The van der Waals surface area contributed by atoms with Gasteiger partial charge < -0.3 is 15.3 Å². The van der Waals surface area contributed by atoms with Gasteiger partial charge in [0.2, 0.25) is 5.91 Å². The zero-order chi connectivity index (χ0) is 17.5. The summed E-state index contributed by atoms with van der Waals surface area (Å²) >= 11 is 1.47. The summed E-state index contributed by atoms with van der Waals surface area (Å²) < 4.78 is 0. The van der Waals surface area contributed by atoms with Crippen LogP contribution in [0.4, 0.5) is 0 Å². The summed E-state index contributed by atoms with van der Waals surface area (Å²) in [5.74, 6) is -0.279. The van der Waals surface area contributed by atoms with E-state index in [0.717, 1.165) is 16.0 Å². The molecular formula is C18H20N2O3S. The van der Waals surface area contributed by atoms with Crippen molar-refractivity contribution >= 4 is 29.2 Å². The van der Waals surface area contributed by atoms with Gasteiger partial charge >= 0.3 is 0 Å². The predicted octanol–water partition coefficient (Wildman–Crippen LogP) is 2.27. The number of hydrogen-bond acceptors (Lipinski definition) is 4. The number of aliphatic hydroxyl groups is 1. The van der Waals surface area contributed by atoms with Crippen LogP contribution >= 0.6 is 11.3 Å². The highest BCUT2D eigenvalue weighted by atomic mass is 32.1. The first-order valence-electron chi connectivity index (χ1n) is 7.44. The van der Waals surface area contributed by atoms with E-state index in [1.807, 2.05) is 17.5 Å². The van der Waals surface area contributed by atoms with Crippen molar-refractivity contribution in [2.75, 3.05) is 14.1 Å². The van der Waals surface area contributed by atoms with Crippen LogP contribution < -0.4 is 5.32 Å². The second-order valence-electron chi connectivity index (χ2n) is 5.47. The summed E-state index contributed by atoms with van der Waals surface area (Å²) in [4.78, 5) is 26.2. The van der Waals surface area contributed by atoms with Crippen LogP contribution in [0, 0.1) is 0 Å². The van der Waals surface area contributed by atoms with Gasteiger partial charge in [0.25, 0.3) is 5.91 Å². The van der Waals surface area contributed by atoms with Crippen LogP contribution in [0.1, 0.15) is 26.4 Å². The molecule has 6 heteroatoms. The van der Waals surface area contributed by atoms with E-state index in [2.05, 4.69) is 5.32 Å². The van der Waals surface area contributed by atoms with Crippen molar-refractivity contribution in [2.45, 2.75) is 13.2 Å². The van der Waals surface area contributed by atoms with Crippen LogP contribution in [0.5, 0.6) is 0 Å². The van der Waals surface area contributed by atoms with Gasteiger partial charge in [-0.15, -0.1) is 11.3 Å². The molecule has 0 radical (unpaired) electrons. The van der Waals surface area contributed by atoms with Gasteiger partial charge in [0.15, 0.2) is 0 Å².